The monoisotopic (exact) mass is 503 g/mol. The van der Waals surface area contributed by atoms with E-state index >= 15 is 0 Å². The van der Waals surface area contributed by atoms with Gasteiger partial charge in [0.05, 0.1) is 30.0 Å². The van der Waals surface area contributed by atoms with E-state index in [0.717, 1.165) is 42.7 Å². The molecular formula is C28H33N5O4. The van der Waals surface area contributed by atoms with Crippen molar-refractivity contribution < 1.29 is 19.4 Å². The highest BCUT2D eigenvalue weighted by molar-refractivity contribution is 5.90. The second kappa shape index (κ2) is 9.48. The molecule has 2 aromatic carbocycles. The zero-order valence-electron chi connectivity index (χ0n) is 21.2. The van der Waals surface area contributed by atoms with Gasteiger partial charge in [0.1, 0.15) is 18.5 Å². The van der Waals surface area contributed by atoms with Gasteiger partial charge in [0.15, 0.2) is 0 Å². The summed E-state index contributed by atoms with van der Waals surface area (Å²) in [4.78, 5) is 15.5. The van der Waals surface area contributed by atoms with Gasteiger partial charge in [-0.15, -0.1) is 5.10 Å². The summed E-state index contributed by atoms with van der Waals surface area (Å²) in [5.74, 6) is 0.960. The molecule has 3 aromatic rings. The fourth-order valence-corrected chi connectivity index (χ4v) is 5.67. The molecule has 9 heteroatoms. The van der Waals surface area contributed by atoms with Crippen molar-refractivity contribution >= 4 is 11.8 Å². The standard InChI is InChI=1S/C28H33N5O4/c1-18-25(30-27(35)29-23-21-10-6-7-11-22(21)28(12-13-28)24(23)34)33(19-8-4-3-5-9-19)31-26(18)37-17-20-16-32(2)14-15-36-20/h3-11,20,23-24,34H,12-17H2,1-2H3,(H2,29,30,35)/t20-,23-,24+/m1/s1. The van der Waals surface area contributed by atoms with Crippen LogP contribution in [0.1, 0.15) is 35.6 Å². The number of hydrogen-bond donors (Lipinski definition) is 3. The molecule has 2 heterocycles. The maximum absolute atomic E-state index is 13.3. The number of nitrogens with one attached hydrogen (secondary N) is 2. The number of benzene rings is 2. The zero-order chi connectivity index (χ0) is 25.6. The van der Waals surface area contributed by atoms with Crippen LogP contribution in [-0.2, 0) is 10.2 Å². The van der Waals surface area contributed by atoms with Gasteiger partial charge < -0.3 is 24.8 Å². The molecule has 1 spiro atoms. The Bertz CT molecular complexity index is 1290. The molecule has 3 atom stereocenters. The van der Waals surface area contributed by atoms with E-state index < -0.39 is 18.2 Å². The molecule has 194 valence electrons. The normalized spacial score (nSPS) is 24.0. The molecule has 1 aliphatic heterocycles. The highest BCUT2D eigenvalue weighted by Crippen LogP contribution is 2.59. The number of carbonyl (C=O) groups excluding carboxylic acids is 1. The maximum atomic E-state index is 13.3. The third kappa shape index (κ3) is 4.37. The number of ether oxygens (including phenoxy) is 2. The van der Waals surface area contributed by atoms with Crippen LogP contribution >= 0.6 is 0 Å². The fraction of sp³-hybridized carbons (Fsp3) is 0.429. The second-order valence-electron chi connectivity index (χ2n) is 10.4. The van der Waals surface area contributed by atoms with E-state index in [1.54, 1.807) is 4.68 Å². The lowest BCUT2D eigenvalue weighted by Crippen LogP contribution is -2.42. The average Bonchev–Trinajstić information content (AvgIpc) is 3.62. The minimum Gasteiger partial charge on any atom is -0.474 e. The van der Waals surface area contributed by atoms with Crippen molar-refractivity contribution in [3.8, 4) is 11.6 Å². The summed E-state index contributed by atoms with van der Waals surface area (Å²) in [5, 5.41) is 21.8. The molecule has 37 heavy (non-hydrogen) atoms. The van der Waals surface area contributed by atoms with Crippen LogP contribution in [-0.4, -0.2) is 71.4 Å². The van der Waals surface area contributed by atoms with Crippen molar-refractivity contribution in [1.29, 1.82) is 0 Å². The van der Waals surface area contributed by atoms with Gasteiger partial charge in [-0.2, -0.15) is 0 Å². The molecule has 0 bridgehead atoms. The predicted molar refractivity (Wildman–Crippen MR) is 139 cm³/mol. The van der Waals surface area contributed by atoms with Crippen LogP contribution in [0.2, 0.25) is 0 Å². The van der Waals surface area contributed by atoms with Crippen LogP contribution in [0.4, 0.5) is 10.6 Å². The number of hydrogen-bond acceptors (Lipinski definition) is 6. The van der Waals surface area contributed by atoms with Gasteiger partial charge in [0.25, 0.3) is 0 Å². The number of urea groups is 1. The third-order valence-electron chi connectivity index (χ3n) is 7.85. The summed E-state index contributed by atoms with van der Waals surface area (Å²) < 4.78 is 13.6. The Labute approximate surface area is 216 Å². The third-order valence-corrected chi connectivity index (χ3v) is 7.85. The smallest absolute Gasteiger partial charge is 0.320 e. The Hall–Kier alpha value is -3.40. The topological polar surface area (TPSA) is 101 Å². The van der Waals surface area contributed by atoms with Crippen molar-refractivity contribution in [2.24, 2.45) is 0 Å². The number of carbonyl (C=O) groups is 1. The first-order valence-corrected chi connectivity index (χ1v) is 12.9. The average molecular weight is 504 g/mol. The number of anilines is 1. The van der Waals surface area contributed by atoms with Gasteiger partial charge >= 0.3 is 6.03 Å². The van der Waals surface area contributed by atoms with Crippen LogP contribution in [0.5, 0.6) is 5.88 Å². The number of fused-ring (bicyclic) bond motifs is 2. The lowest BCUT2D eigenvalue weighted by molar-refractivity contribution is -0.0411. The molecule has 0 radical (unpaired) electrons. The maximum Gasteiger partial charge on any atom is 0.320 e. The summed E-state index contributed by atoms with van der Waals surface area (Å²) in [6.07, 6.45) is 1.18. The number of amides is 2. The van der Waals surface area contributed by atoms with Gasteiger partial charge in [0.2, 0.25) is 5.88 Å². The van der Waals surface area contributed by atoms with Crippen LogP contribution in [0, 0.1) is 6.92 Å². The quantitative estimate of drug-likeness (QED) is 0.478. The summed E-state index contributed by atoms with van der Waals surface area (Å²) in [6, 6.07) is 16.7. The first kappa shape index (κ1) is 24.0. The van der Waals surface area contributed by atoms with Crippen molar-refractivity contribution in [1.82, 2.24) is 20.0 Å². The molecular weight excluding hydrogens is 470 g/mol. The van der Waals surface area contributed by atoms with E-state index in [1.165, 1.54) is 0 Å². The Morgan fingerprint density at radius 1 is 1.19 bits per heavy atom. The van der Waals surface area contributed by atoms with Crippen LogP contribution in [0.15, 0.2) is 54.6 Å². The van der Waals surface area contributed by atoms with E-state index in [9.17, 15) is 9.90 Å². The lowest BCUT2D eigenvalue weighted by atomic mass is 9.97. The number of aliphatic hydroxyl groups excluding tert-OH is 1. The Morgan fingerprint density at radius 2 is 1.95 bits per heavy atom. The minimum absolute atomic E-state index is 0.0431. The molecule has 1 saturated carbocycles. The zero-order valence-corrected chi connectivity index (χ0v) is 21.2. The Balaban J connectivity index is 1.23. The van der Waals surface area contributed by atoms with Gasteiger partial charge in [-0.05, 0) is 50.1 Å². The molecule has 2 fully saturated rings. The van der Waals surface area contributed by atoms with Crippen molar-refractivity contribution in [2.45, 2.75) is 43.4 Å². The van der Waals surface area contributed by atoms with Crippen LogP contribution < -0.4 is 15.4 Å². The first-order valence-electron chi connectivity index (χ1n) is 12.9. The first-order chi connectivity index (χ1) is 18.0. The number of rotatable bonds is 6. The SMILES string of the molecule is Cc1c(OC[C@H]2CN(C)CCO2)nn(-c2ccccc2)c1NC(=O)N[C@@H]1c2ccccc2C2(CC2)[C@H]1O. The van der Waals surface area contributed by atoms with Gasteiger partial charge in [-0.3, -0.25) is 5.32 Å². The summed E-state index contributed by atoms with van der Waals surface area (Å²) in [7, 11) is 2.07. The molecule has 1 saturated heterocycles. The molecule has 1 aromatic heterocycles. The van der Waals surface area contributed by atoms with Crippen molar-refractivity contribution in [2.75, 3.05) is 38.7 Å². The van der Waals surface area contributed by atoms with Gasteiger partial charge in [0, 0.05) is 18.5 Å². The highest BCUT2D eigenvalue weighted by atomic mass is 16.5. The Morgan fingerprint density at radius 3 is 2.70 bits per heavy atom. The second-order valence-corrected chi connectivity index (χ2v) is 10.4. The van der Waals surface area contributed by atoms with Crippen LogP contribution in [0.3, 0.4) is 0 Å². The van der Waals surface area contributed by atoms with Crippen molar-refractivity contribution in [3.05, 3.63) is 71.3 Å². The number of aliphatic hydroxyl groups is 1. The molecule has 2 aliphatic carbocycles. The fourth-order valence-electron chi connectivity index (χ4n) is 5.67. The van der Waals surface area contributed by atoms with E-state index in [0.29, 0.717) is 30.5 Å². The van der Waals surface area contributed by atoms with E-state index in [2.05, 4.69) is 33.7 Å². The number of para-hydroxylation sites is 1. The largest absolute Gasteiger partial charge is 0.474 e. The van der Waals surface area contributed by atoms with E-state index in [-0.39, 0.29) is 11.5 Å². The summed E-state index contributed by atoms with van der Waals surface area (Å²) in [5.41, 5.74) is 3.41. The molecule has 0 unspecified atom stereocenters. The van der Waals surface area contributed by atoms with E-state index in [1.807, 2.05) is 55.5 Å². The van der Waals surface area contributed by atoms with Crippen molar-refractivity contribution in [3.63, 3.8) is 0 Å². The minimum atomic E-state index is -0.650. The molecule has 6 rings (SSSR count). The van der Waals surface area contributed by atoms with E-state index in [4.69, 9.17) is 9.47 Å². The number of nitrogens with zero attached hydrogens (tertiary/aromatic N) is 3. The molecule has 3 aliphatic rings. The highest BCUT2D eigenvalue weighted by Gasteiger charge is 2.59. The molecule has 2 amide bonds. The summed E-state index contributed by atoms with van der Waals surface area (Å²) >= 11 is 0. The lowest BCUT2D eigenvalue weighted by Gasteiger charge is -2.29. The predicted octanol–water partition coefficient (Wildman–Crippen LogP) is 3.16. The summed E-state index contributed by atoms with van der Waals surface area (Å²) in [6.45, 7) is 4.62. The Kier molecular flexibility index (Phi) is 6.14. The van der Waals surface area contributed by atoms with Gasteiger partial charge in [-0.1, -0.05) is 42.5 Å². The number of likely N-dealkylation sites (N-methyl/N-ethyl adjacent to an activating group) is 1. The molecule has 3 N–H and O–H groups in total. The van der Waals surface area contributed by atoms with Gasteiger partial charge in [-0.25, -0.2) is 9.48 Å². The molecule has 9 nitrogen and oxygen atoms in total. The number of aromatic nitrogens is 2. The van der Waals surface area contributed by atoms with Crippen LogP contribution in [0.25, 0.3) is 5.69 Å². The number of morpholine rings is 1.